The molecule has 4 rings (SSSR count). The molecular formula is C23H25FN4O3. The average molecular weight is 424 g/mol. The third kappa shape index (κ3) is 5.08. The highest BCUT2D eigenvalue weighted by atomic mass is 19.1. The van der Waals surface area contributed by atoms with Crippen LogP contribution in [-0.4, -0.2) is 46.8 Å². The smallest absolute Gasteiger partial charge is 0.274 e. The number of ether oxygens (including phenoxy) is 1. The number of halogens is 1. The summed E-state index contributed by atoms with van der Waals surface area (Å²) in [7, 11) is 0. The Bertz CT molecular complexity index is 1130. The average Bonchev–Trinajstić information content (AvgIpc) is 3.31. The number of amides is 1. The van der Waals surface area contributed by atoms with Crippen molar-refractivity contribution >= 4 is 16.7 Å². The van der Waals surface area contributed by atoms with Crippen LogP contribution in [0.5, 0.6) is 5.75 Å². The highest BCUT2D eigenvalue weighted by molar-refractivity contribution is 5.84. The van der Waals surface area contributed by atoms with Crippen molar-refractivity contribution in [3.8, 4) is 5.75 Å². The molecule has 0 spiro atoms. The van der Waals surface area contributed by atoms with Gasteiger partial charge in [-0.3, -0.25) is 9.59 Å². The Kier molecular flexibility index (Phi) is 6.57. The Balaban J connectivity index is 1.45. The maximum Gasteiger partial charge on any atom is 0.274 e. The molecule has 31 heavy (non-hydrogen) atoms. The topological polar surface area (TPSA) is 76.5 Å². The first kappa shape index (κ1) is 21.0. The highest BCUT2D eigenvalue weighted by Gasteiger charge is 2.15. The van der Waals surface area contributed by atoms with E-state index in [1.165, 1.54) is 29.7 Å². The van der Waals surface area contributed by atoms with Crippen LogP contribution in [0.4, 0.5) is 4.39 Å². The van der Waals surface area contributed by atoms with Gasteiger partial charge in [0.2, 0.25) is 0 Å². The van der Waals surface area contributed by atoms with Crippen molar-refractivity contribution in [3.63, 3.8) is 0 Å². The molecule has 1 saturated heterocycles. The second-order valence-electron chi connectivity index (χ2n) is 7.57. The van der Waals surface area contributed by atoms with Gasteiger partial charge in [-0.25, -0.2) is 9.07 Å². The molecule has 1 aromatic heterocycles. The summed E-state index contributed by atoms with van der Waals surface area (Å²) in [6.45, 7) is 3.20. The summed E-state index contributed by atoms with van der Waals surface area (Å²) in [6.07, 6.45) is 2.37. The van der Waals surface area contributed by atoms with Gasteiger partial charge in [0.25, 0.3) is 11.5 Å². The number of rotatable bonds is 8. The van der Waals surface area contributed by atoms with Crippen LogP contribution >= 0.6 is 0 Å². The van der Waals surface area contributed by atoms with Crippen molar-refractivity contribution in [1.82, 2.24) is 20.0 Å². The minimum absolute atomic E-state index is 0.0247. The van der Waals surface area contributed by atoms with Gasteiger partial charge in [-0.2, -0.15) is 5.10 Å². The van der Waals surface area contributed by atoms with Crippen molar-refractivity contribution in [1.29, 1.82) is 0 Å². The molecule has 1 N–H and O–H groups in total. The molecule has 0 unspecified atom stereocenters. The van der Waals surface area contributed by atoms with Gasteiger partial charge in [-0.05, 0) is 44.1 Å². The van der Waals surface area contributed by atoms with Crippen molar-refractivity contribution in [2.24, 2.45) is 0 Å². The van der Waals surface area contributed by atoms with E-state index in [1.54, 1.807) is 18.2 Å². The number of benzene rings is 2. The van der Waals surface area contributed by atoms with E-state index in [1.807, 2.05) is 18.2 Å². The minimum atomic E-state index is -0.520. The van der Waals surface area contributed by atoms with Crippen LogP contribution in [0, 0.1) is 5.82 Å². The van der Waals surface area contributed by atoms with Crippen molar-refractivity contribution in [3.05, 3.63) is 70.4 Å². The number of hydrogen-bond donors (Lipinski definition) is 1. The van der Waals surface area contributed by atoms with Gasteiger partial charge in [0.15, 0.2) is 18.2 Å². The predicted octanol–water partition coefficient (Wildman–Crippen LogP) is 2.33. The number of aromatic nitrogens is 2. The molecular weight excluding hydrogens is 399 g/mol. The van der Waals surface area contributed by atoms with E-state index < -0.39 is 11.7 Å². The first-order valence-electron chi connectivity index (χ1n) is 10.5. The molecule has 2 aromatic carbocycles. The second kappa shape index (κ2) is 9.70. The van der Waals surface area contributed by atoms with Gasteiger partial charge < -0.3 is 15.0 Å². The molecule has 1 amide bonds. The number of nitrogens with one attached hydrogen (secondary N) is 1. The van der Waals surface area contributed by atoms with E-state index in [-0.39, 0.29) is 24.5 Å². The summed E-state index contributed by atoms with van der Waals surface area (Å²) < 4.78 is 20.4. The molecule has 0 radical (unpaired) electrons. The minimum Gasteiger partial charge on any atom is -0.481 e. The van der Waals surface area contributed by atoms with E-state index in [4.69, 9.17) is 4.74 Å². The summed E-state index contributed by atoms with van der Waals surface area (Å²) in [5.74, 6) is -0.895. The van der Waals surface area contributed by atoms with E-state index in [9.17, 15) is 14.0 Å². The molecule has 0 atom stereocenters. The van der Waals surface area contributed by atoms with Crippen LogP contribution in [0.25, 0.3) is 10.8 Å². The van der Waals surface area contributed by atoms with Crippen LogP contribution in [0.3, 0.4) is 0 Å². The summed E-state index contributed by atoms with van der Waals surface area (Å²) in [5.41, 5.74) is 0.476. The SMILES string of the molecule is O=C(COc1ccccc1F)NCc1nn(CCN2CCCC2)c(=O)c2ccccc12. The normalized spacial score (nSPS) is 14.1. The number of para-hydroxylation sites is 1. The van der Waals surface area contributed by atoms with Gasteiger partial charge >= 0.3 is 0 Å². The monoisotopic (exact) mass is 424 g/mol. The molecule has 0 aliphatic carbocycles. The van der Waals surface area contributed by atoms with E-state index in [0.717, 1.165) is 19.6 Å². The van der Waals surface area contributed by atoms with Gasteiger partial charge in [0.1, 0.15) is 0 Å². The lowest BCUT2D eigenvalue weighted by atomic mass is 10.1. The zero-order chi connectivity index (χ0) is 21.6. The second-order valence-corrected chi connectivity index (χ2v) is 7.57. The molecule has 1 aliphatic rings. The van der Waals surface area contributed by atoms with Crippen LogP contribution in [0.2, 0.25) is 0 Å². The number of carbonyl (C=O) groups is 1. The lowest BCUT2D eigenvalue weighted by molar-refractivity contribution is -0.123. The van der Waals surface area contributed by atoms with E-state index in [2.05, 4.69) is 15.3 Å². The quantitative estimate of drug-likeness (QED) is 0.601. The van der Waals surface area contributed by atoms with Gasteiger partial charge in [-0.15, -0.1) is 0 Å². The van der Waals surface area contributed by atoms with Crippen LogP contribution in [0.1, 0.15) is 18.5 Å². The first-order valence-corrected chi connectivity index (χ1v) is 10.5. The lowest BCUT2D eigenvalue weighted by Crippen LogP contribution is -2.33. The summed E-state index contributed by atoms with van der Waals surface area (Å²) >= 11 is 0. The maximum absolute atomic E-state index is 13.6. The van der Waals surface area contributed by atoms with Crippen molar-refractivity contribution in [2.75, 3.05) is 26.2 Å². The van der Waals surface area contributed by atoms with Gasteiger partial charge in [-0.1, -0.05) is 30.3 Å². The van der Waals surface area contributed by atoms with Crippen molar-refractivity contribution in [2.45, 2.75) is 25.9 Å². The molecule has 162 valence electrons. The summed E-state index contributed by atoms with van der Waals surface area (Å²) in [6, 6.07) is 13.2. The van der Waals surface area contributed by atoms with E-state index in [0.29, 0.717) is 23.0 Å². The fraction of sp³-hybridized carbons (Fsp3) is 0.348. The number of likely N-dealkylation sites (tertiary alicyclic amines) is 1. The third-order valence-corrected chi connectivity index (χ3v) is 5.42. The molecule has 0 saturated carbocycles. The number of carbonyl (C=O) groups excluding carboxylic acids is 1. The maximum atomic E-state index is 13.6. The number of hydrogen-bond acceptors (Lipinski definition) is 5. The molecule has 2 heterocycles. The molecule has 3 aromatic rings. The third-order valence-electron chi connectivity index (χ3n) is 5.42. The molecule has 1 fully saturated rings. The van der Waals surface area contributed by atoms with E-state index >= 15 is 0 Å². The molecule has 7 nitrogen and oxygen atoms in total. The largest absolute Gasteiger partial charge is 0.481 e. The highest BCUT2D eigenvalue weighted by Crippen LogP contribution is 2.16. The van der Waals surface area contributed by atoms with Gasteiger partial charge in [0, 0.05) is 11.9 Å². The lowest BCUT2D eigenvalue weighted by Gasteiger charge is -2.16. The standard InChI is InChI=1S/C23H25FN4O3/c24-19-9-3-4-10-21(19)31-16-22(29)25-15-20-17-7-1-2-8-18(17)23(30)28(26-20)14-13-27-11-5-6-12-27/h1-4,7-10H,5-6,11-16H2,(H,25,29). The van der Waals surface area contributed by atoms with Crippen LogP contribution < -0.4 is 15.6 Å². The molecule has 0 bridgehead atoms. The fourth-order valence-corrected chi connectivity index (χ4v) is 3.77. The fourth-order valence-electron chi connectivity index (χ4n) is 3.77. The molecule has 8 heteroatoms. The number of nitrogens with zero attached hydrogens (tertiary/aromatic N) is 3. The Hall–Kier alpha value is -3.26. The van der Waals surface area contributed by atoms with Crippen molar-refractivity contribution < 1.29 is 13.9 Å². The predicted molar refractivity (Wildman–Crippen MR) is 115 cm³/mol. The summed E-state index contributed by atoms with van der Waals surface area (Å²) in [5, 5.41) is 8.56. The number of fused-ring (bicyclic) bond motifs is 1. The Morgan fingerprint density at radius 1 is 1.03 bits per heavy atom. The first-order chi connectivity index (χ1) is 15.1. The Labute approximate surface area is 179 Å². The summed E-state index contributed by atoms with van der Waals surface area (Å²) in [4.78, 5) is 27.4. The zero-order valence-corrected chi connectivity index (χ0v) is 17.2. The van der Waals surface area contributed by atoms with Crippen LogP contribution in [0.15, 0.2) is 53.3 Å². The zero-order valence-electron chi connectivity index (χ0n) is 17.2. The molecule has 1 aliphatic heterocycles. The Morgan fingerprint density at radius 2 is 1.74 bits per heavy atom. The van der Waals surface area contributed by atoms with Gasteiger partial charge in [0.05, 0.1) is 24.2 Å². The Morgan fingerprint density at radius 3 is 2.52 bits per heavy atom. The van der Waals surface area contributed by atoms with Crippen LogP contribution in [-0.2, 0) is 17.9 Å².